The fourth-order valence-electron chi connectivity index (χ4n) is 5.54. The lowest BCUT2D eigenvalue weighted by Gasteiger charge is -2.38. The van der Waals surface area contributed by atoms with E-state index in [0.717, 1.165) is 38.8 Å². The Bertz CT molecular complexity index is 1170. The summed E-state index contributed by atoms with van der Waals surface area (Å²) < 4.78 is 0. The maximum Gasteiger partial charge on any atom is 0.321 e. The third-order valence-corrected chi connectivity index (χ3v) is 8.37. The van der Waals surface area contributed by atoms with Gasteiger partial charge in [0.15, 0.2) is 0 Å². The van der Waals surface area contributed by atoms with Gasteiger partial charge in [-0.25, -0.2) is 4.79 Å². The zero-order chi connectivity index (χ0) is 24.4. The number of aliphatic hydroxyl groups excluding tert-OH is 1. The van der Waals surface area contributed by atoms with E-state index in [-0.39, 0.29) is 18.1 Å². The number of amides is 2. The predicted molar refractivity (Wildman–Crippen MR) is 142 cm³/mol. The molecule has 1 aromatic heterocycles. The number of β-amino-alcohol motifs (C(OH)–C–C–N with tert-alkyl or cyclic N) is 1. The van der Waals surface area contributed by atoms with Gasteiger partial charge in [0.05, 0.1) is 16.1 Å². The Morgan fingerprint density at radius 1 is 1.03 bits per heavy atom. The van der Waals surface area contributed by atoms with Gasteiger partial charge in [0.1, 0.15) is 0 Å². The summed E-state index contributed by atoms with van der Waals surface area (Å²) in [5.41, 5.74) is 3.26. The number of H-pyrrole nitrogens is 1. The van der Waals surface area contributed by atoms with E-state index in [1.807, 2.05) is 0 Å². The SMILES string of the molecule is O=C(Nc1ccc(Cl)c(Cl)c1)N1CCC(C(O)CN2CCC(c3c[nH]c4ccccc34)CC2)CC1. The van der Waals surface area contributed by atoms with Crippen LogP contribution < -0.4 is 5.32 Å². The number of piperidine rings is 2. The van der Waals surface area contributed by atoms with E-state index in [9.17, 15) is 9.90 Å². The highest BCUT2D eigenvalue weighted by atomic mass is 35.5. The van der Waals surface area contributed by atoms with E-state index in [1.54, 1.807) is 23.1 Å². The molecule has 0 spiro atoms. The van der Waals surface area contributed by atoms with Crippen LogP contribution in [0.15, 0.2) is 48.7 Å². The Balaban J connectivity index is 1.07. The monoisotopic (exact) mass is 514 g/mol. The molecule has 0 bridgehead atoms. The highest BCUT2D eigenvalue weighted by Crippen LogP contribution is 2.33. The van der Waals surface area contributed by atoms with Crippen LogP contribution in [0.25, 0.3) is 10.9 Å². The Labute approximate surface area is 216 Å². The number of carbonyl (C=O) groups is 1. The molecule has 5 rings (SSSR count). The molecule has 3 N–H and O–H groups in total. The smallest absolute Gasteiger partial charge is 0.321 e. The molecule has 35 heavy (non-hydrogen) atoms. The van der Waals surface area contributed by atoms with Crippen molar-refractivity contribution in [2.45, 2.75) is 37.7 Å². The van der Waals surface area contributed by atoms with E-state index in [2.05, 4.69) is 45.7 Å². The highest BCUT2D eigenvalue weighted by Gasteiger charge is 2.30. The van der Waals surface area contributed by atoms with Crippen molar-refractivity contribution in [1.29, 1.82) is 0 Å². The number of benzene rings is 2. The normalized spacial score (nSPS) is 19.2. The maximum absolute atomic E-state index is 12.6. The lowest BCUT2D eigenvalue weighted by molar-refractivity contribution is 0.0315. The fraction of sp³-hybridized carbons (Fsp3) is 0.444. The van der Waals surface area contributed by atoms with Gasteiger partial charge in [-0.2, -0.15) is 0 Å². The number of halogens is 2. The van der Waals surface area contributed by atoms with Gasteiger partial charge in [0, 0.05) is 42.4 Å². The molecule has 8 heteroatoms. The number of nitrogens with one attached hydrogen (secondary N) is 2. The number of hydrogen-bond acceptors (Lipinski definition) is 3. The first-order valence-electron chi connectivity index (χ1n) is 12.5. The van der Waals surface area contributed by atoms with Crippen molar-refractivity contribution < 1.29 is 9.90 Å². The van der Waals surface area contributed by atoms with Gasteiger partial charge < -0.3 is 25.2 Å². The van der Waals surface area contributed by atoms with E-state index >= 15 is 0 Å². The molecule has 2 saturated heterocycles. The number of para-hydroxylation sites is 1. The topological polar surface area (TPSA) is 71.6 Å². The summed E-state index contributed by atoms with van der Waals surface area (Å²) in [7, 11) is 0. The first-order chi connectivity index (χ1) is 17.0. The Morgan fingerprint density at radius 2 is 1.77 bits per heavy atom. The van der Waals surface area contributed by atoms with E-state index in [1.165, 1.54) is 16.5 Å². The number of likely N-dealkylation sites (tertiary alicyclic amines) is 2. The van der Waals surface area contributed by atoms with Crippen molar-refractivity contribution >= 4 is 45.8 Å². The lowest BCUT2D eigenvalue weighted by atomic mass is 9.87. The van der Waals surface area contributed by atoms with Crippen LogP contribution in [0.1, 0.15) is 37.2 Å². The van der Waals surface area contributed by atoms with E-state index in [4.69, 9.17) is 23.2 Å². The molecule has 2 aromatic carbocycles. The van der Waals surface area contributed by atoms with Crippen LogP contribution in [0.2, 0.25) is 10.0 Å². The first kappa shape index (κ1) is 24.4. The number of fused-ring (bicyclic) bond motifs is 1. The number of aromatic amines is 1. The van der Waals surface area contributed by atoms with Crippen LogP contribution in [0.5, 0.6) is 0 Å². The minimum absolute atomic E-state index is 0.143. The second kappa shape index (κ2) is 10.8. The molecule has 0 aliphatic carbocycles. The van der Waals surface area contributed by atoms with Crippen molar-refractivity contribution in [2.24, 2.45) is 5.92 Å². The Morgan fingerprint density at radius 3 is 2.51 bits per heavy atom. The number of hydrogen-bond donors (Lipinski definition) is 3. The van der Waals surface area contributed by atoms with Gasteiger partial charge in [-0.1, -0.05) is 41.4 Å². The van der Waals surface area contributed by atoms with Gasteiger partial charge in [0.25, 0.3) is 0 Å². The summed E-state index contributed by atoms with van der Waals surface area (Å²) in [6, 6.07) is 13.4. The predicted octanol–water partition coefficient (Wildman–Crippen LogP) is 5.96. The van der Waals surface area contributed by atoms with Crippen LogP contribution in [-0.2, 0) is 0 Å². The molecular formula is C27H32Cl2N4O2. The molecule has 186 valence electrons. The number of aliphatic hydroxyl groups is 1. The summed E-state index contributed by atoms with van der Waals surface area (Å²) in [4.78, 5) is 20.2. The van der Waals surface area contributed by atoms with Crippen molar-refractivity contribution in [3.63, 3.8) is 0 Å². The quantitative estimate of drug-likeness (QED) is 0.393. The van der Waals surface area contributed by atoms with Crippen molar-refractivity contribution in [3.8, 4) is 0 Å². The zero-order valence-corrected chi connectivity index (χ0v) is 21.2. The molecule has 0 radical (unpaired) electrons. The maximum atomic E-state index is 12.6. The zero-order valence-electron chi connectivity index (χ0n) is 19.7. The number of rotatable bonds is 5. The number of anilines is 1. The molecule has 3 heterocycles. The minimum Gasteiger partial charge on any atom is -0.392 e. The average molecular weight is 515 g/mol. The Hall–Kier alpha value is -2.25. The molecule has 2 aliphatic rings. The van der Waals surface area contributed by atoms with Crippen LogP contribution in [-0.4, -0.2) is 64.7 Å². The molecule has 0 saturated carbocycles. The summed E-state index contributed by atoms with van der Waals surface area (Å²) in [6.45, 7) is 3.99. The van der Waals surface area contributed by atoms with Gasteiger partial charge >= 0.3 is 6.03 Å². The van der Waals surface area contributed by atoms with Gasteiger partial charge in [-0.15, -0.1) is 0 Å². The molecule has 3 aromatic rings. The van der Waals surface area contributed by atoms with Crippen molar-refractivity contribution in [3.05, 3.63) is 64.3 Å². The standard InChI is InChI=1S/C27H32Cl2N4O2/c28-23-6-5-20(15-24(23)29)31-27(35)33-13-9-19(10-14-33)26(34)17-32-11-7-18(8-12-32)22-16-30-25-4-2-1-3-21(22)25/h1-6,15-16,18-19,26,30,34H,7-14,17H2,(H,31,35). The third-order valence-electron chi connectivity index (χ3n) is 7.64. The van der Waals surface area contributed by atoms with Crippen molar-refractivity contribution in [2.75, 3.05) is 38.0 Å². The molecular weight excluding hydrogens is 483 g/mol. The van der Waals surface area contributed by atoms with E-state index in [0.29, 0.717) is 41.3 Å². The summed E-state index contributed by atoms with van der Waals surface area (Å²) in [6.07, 6.45) is 5.65. The first-order valence-corrected chi connectivity index (χ1v) is 13.2. The molecule has 1 atom stereocenters. The van der Waals surface area contributed by atoms with Gasteiger partial charge in [-0.05, 0) is 80.4 Å². The second-order valence-electron chi connectivity index (χ2n) is 9.82. The Kier molecular flexibility index (Phi) is 7.54. The summed E-state index contributed by atoms with van der Waals surface area (Å²) in [5, 5.41) is 16.0. The number of aromatic nitrogens is 1. The number of nitrogens with zero attached hydrogens (tertiary/aromatic N) is 2. The third kappa shape index (κ3) is 5.61. The lowest BCUT2D eigenvalue weighted by Crippen LogP contribution is -2.46. The average Bonchev–Trinajstić information content (AvgIpc) is 3.31. The molecule has 1 unspecified atom stereocenters. The molecule has 6 nitrogen and oxygen atoms in total. The van der Waals surface area contributed by atoms with Crippen LogP contribution in [0, 0.1) is 5.92 Å². The van der Waals surface area contributed by atoms with Crippen LogP contribution >= 0.6 is 23.2 Å². The summed E-state index contributed by atoms with van der Waals surface area (Å²) in [5.74, 6) is 0.784. The largest absolute Gasteiger partial charge is 0.392 e. The second-order valence-corrected chi connectivity index (χ2v) is 10.6. The number of carbonyl (C=O) groups excluding carboxylic acids is 1. The van der Waals surface area contributed by atoms with Crippen molar-refractivity contribution in [1.82, 2.24) is 14.8 Å². The van der Waals surface area contributed by atoms with E-state index < -0.39 is 0 Å². The van der Waals surface area contributed by atoms with Crippen LogP contribution in [0.3, 0.4) is 0 Å². The number of urea groups is 1. The molecule has 2 aliphatic heterocycles. The fourth-order valence-corrected chi connectivity index (χ4v) is 5.83. The highest BCUT2D eigenvalue weighted by molar-refractivity contribution is 6.42. The summed E-state index contributed by atoms with van der Waals surface area (Å²) >= 11 is 12.0. The van der Waals surface area contributed by atoms with Gasteiger partial charge in [-0.3, -0.25) is 0 Å². The van der Waals surface area contributed by atoms with Crippen LogP contribution in [0.4, 0.5) is 10.5 Å². The van der Waals surface area contributed by atoms with Gasteiger partial charge in [0.2, 0.25) is 0 Å². The molecule has 2 amide bonds. The molecule has 2 fully saturated rings. The minimum atomic E-state index is -0.361.